The minimum absolute atomic E-state index is 0.112. The molecule has 0 bridgehead atoms. The summed E-state index contributed by atoms with van der Waals surface area (Å²) < 4.78 is 5.28. The highest BCUT2D eigenvalue weighted by molar-refractivity contribution is 5.91. The van der Waals surface area contributed by atoms with Crippen LogP contribution in [0.1, 0.15) is 43.9 Å². The average Bonchev–Trinajstić information content (AvgIpc) is 2.53. The Hall–Kier alpha value is -1.72. The standard InChI is InChI=1S/C17H24N2O3/c1-3-4-9-22-17(21)14-10-12-7-5-6-8-13(12)15(19-14)16(20)11(2)18/h5-8,11,14-15,19H,3-4,9-10,18H2,1-2H3/t11-,14?,15?/m0/s1. The first-order valence-corrected chi connectivity index (χ1v) is 7.84. The van der Waals surface area contributed by atoms with Gasteiger partial charge in [0, 0.05) is 0 Å². The molecule has 0 saturated heterocycles. The van der Waals surface area contributed by atoms with Crippen molar-refractivity contribution in [1.82, 2.24) is 5.32 Å². The maximum Gasteiger partial charge on any atom is 0.323 e. The van der Waals surface area contributed by atoms with Crippen molar-refractivity contribution in [3.8, 4) is 0 Å². The number of fused-ring (bicyclic) bond motifs is 1. The van der Waals surface area contributed by atoms with Crippen molar-refractivity contribution in [2.45, 2.75) is 51.2 Å². The van der Waals surface area contributed by atoms with Gasteiger partial charge < -0.3 is 10.5 Å². The molecule has 0 spiro atoms. The molecule has 1 aliphatic rings. The number of ketones is 1. The molecule has 3 atom stereocenters. The van der Waals surface area contributed by atoms with Gasteiger partial charge in [0.25, 0.3) is 0 Å². The van der Waals surface area contributed by atoms with E-state index >= 15 is 0 Å². The van der Waals surface area contributed by atoms with Crippen molar-refractivity contribution >= 4 is 11.8 Å². The number of rotatable bonds is 6. The van der Waals surface area contributed by atoms with Crippen LogP contribution >= 0.6 is 0 Å². The summed E-state index contributed by atoms with van der Waals surface area (Å²) in [6.07, 6.45) is 2.35. The Morgan fingerprint density at radius 3 is 2.82 bits per heavy atom. The fraction of sp³-hybridized carbons (Fsp3) is 0.529. The molecule has 22 heavy (non-hydrogen) atoms. The van der Waals surface area contributed by atoms with Crippen LogP contribution in [0.5, 0.6) is 0 Å². The number of nitrogens with two attached hydrogens (primary N) is 1. The maximum absolute atomic E-state index is 12.3. The van der Waals surface area contributed by atoms with Crippen LogP contribution in [0, 0.1) is 0 Å². The van der Waals surface area contributed by atoms with Crippen molar-refractivity contribution in [2.75, 3.05) is 6.61 Å². The van der Waals surface area contributed by atoms with E-state index in [0.717, 1.165) is 24.0 Å². The number of nitrogens with one attached hydrogen (secondary N) is 1. The van der Waals surface area contributed by atoms with Gasteiger partial charge in [-0.1, -0.05) is 37.6 Å². The van der Waals surface area contributed by atoms with E-state index in [1.807, 2.05) is 31.2 Å². The largest absolute Gasteiger partial charge is 0.465 e. The molecule has 0 aromatic heterocycles. The zero-order valence-corrected chi connectivity index (χ0v) is 13.2. The summed E-state index contributed by atoms with van der Waals surface area (Å²) in [6.45, 7) is 4.12. The van der Waals surface area contributed by atoms with Gasteiger partial charge in [0.05, 0.1) is 18.7 Å². The Labute approximate surface area is 131 Å². The monoisotopic (exact) mass is 304 g/mol. The lowest BCUT2D eigenvalue weighted by molar-refractivity contribution is -0.147. The van der Waals surface area contributed by atoms with E-state index in [0.29, 0.717) is 13.0 Å². The number of ether oxygens (including phenoxy) is 1. The number of Topliss-reactive ketones (excluding diaryl/α,β-unsaturated/α-hetero) is 1. The zero-order chi connectivity index (χ0) is 16.1. The topological polar surface area (TPSA) is 81.4 Å². The number of unbranched alkanes of at least 4 members (excludes halogenated alkanes) is 1. The molecule has 3 N–H and O–H groups in total. The molecule has 2 rings (SSSR count). The van der Waals surface area contributed by atoms with Crippen LogP contribution in [0.25, 0.3) is 0 Å². The van der Waals surface area contributed by atoms with Gasteiger partial charge in [0.15, 0.2) is 5.78 Å². The molecule has 1 heterocycles. The summed E-state index contributed by atoms with van der Waals surface area (Å²) in [5.74, 6) is -0.413. The van der Waals surface area contributed by atoms with E-state index in [4.69, 9.17) is 10.5 Å². The van der Waals surface area contributed by atoms with Crippen molar-refractivity contribution in [3.05, 3.63) is 35.4 Å². The average molecular weight is 304 g/mol. The quantitative estimate of drug-likeness (QED) is 0.615. The van der Waals surface area contributed by atoms with E-state index < -0.39 is 18.1 Å². The molecule has 0 saturated carbocycles. The molecule has 0 radical (unpaired) electrons. The minimum Gasteiger partial charge on any atom is -0.465 e. The summed E-state index contributed by atoms with van der Waals surface area (Å²) in [4.78, 5) is 24.5. The van der Waals surface area contributed by atoms with Crippen molar-refractivity contribution in [3.63, 3.8) is 0 Å². The highest BCUT2D eigenvalue weighted by Gasteiger charge is 2.35. The van der Waals surface area contributed by atoms with Gasteiger partial charge in [0.1, 0.15) is 6.04 Å². The van der Waals surface area contributed by atoms with Crippen LogP contribution in [-0.2, 0) is 20.7 Å². The van der Waals surface area contributed by atoms with Crippen LogP contribution in [0.3, 0.4) is 0 Å². The Kier molecular flexibility index (Phi) is 5.69. The Bertz CT molecular complexity index is 542. The van der Waals surface area contributed by atoms with Crippen LogP contribution < -0.4 is 11.1 Å². The van der Waals surface area contributed by atoms with Crippen molar-refractivity contribution < 1.29 is 14.3 Å². The first-order chi connectivity index (χ1) is 10.5. The van der Waals surface area contributed by atoms with Gasteiger partial charge >= 0.3 is 5.97 Å². The molecule has 0 amide bonds. The van der Waals surface area contributed by atoms with E-state index in [9.17, 15) is 9.59 Å². The first-order valence-electron chi connectivity index (χ1n) is 7.84. The van der Waals surface area contributed by atoms with E-state index in [2.05, 4.69) is 5.32 Å². The predicted molar refractivity (Wildman–Crippen MR) is 84.3 cm³/mol. The number of hydrogen-bond donors (Lipinski definition) is 2. The van der Waals surface area contributed by atoms with E-state index in [1.165, 1.54) is 0 Å². The molecule has 1 aliphatic heterocycles. The molecule has 0 fully saturated rings. The maximum atomic E-state index is 12.3. The lowest BCUT2D eigenvalue weighted by Crippen LogP contribution is -2.50. The summed E-state index contributed by atoms with van der Waals surface area (Å²) in [5.41, 5.74) is 7.64. The number of benzene rings is 1. The molecule has 0 aliphatic carbocycles. The second-order valence-corrected chi connectivity index (χ2v) is 5.77. The third-order valence-electron chi connectivity index (χ3n) is 3.92. The Balaban J connectivity index is 2.17. The van der Waals surface area contributed by atoms with Crippen molar-refractivity contribution in [2.24, 2.45) is 5.73 Å². The van der Waals surface area contributed by atoms with Crippen LogP contribution in [-0.4, -0.2) is 30.4 Å². The highest BCUT2D eigenvalue weighted by atomic mass is 16.5. The van der Waals surface area contributed by atoms with Gasteiger partial charge in [0.2, 0.25) is 0 Å². The molecular formula is C17H24N2O3. The van der Waals surface area contributed by atoms with E-state index in [-0.39, 0.29) is 11.8 Å². The van der Waals surface area contributed by atoms with Crippen LogP contribution in [0.4, 0.5) is 0 Å². The van der Waals surface area contributed by atoms with Crippen LogP contribution in [0.2, 0.25) is 0 Å². The molecular weight excluding hydrogens is 280 g/mol. The summed E-state index contributed by atoms with van der Waals surface area (Å²) >= 11 is 0. The van der Waals surface area contributed by atoms with Gasteiger partial charge in [-0.25, -0.2) is 0 Å². The summed E-state index contributed by atoms with van der Waals surface area (Å²) in [7, 11) is 0. The van der Waals surface area contributed by atoms with Crippen molar-refractivity contribution in [1.29, 1.82) is 0 Å². The number of hydrogen-bond acceptors (Lipinski definition) is 5. The second kappa shape index (κ2) is 7.51. The molecule has 1 aromatic carbocycles. The Morgan fingerprint density at radius 2 is 2.14 bits per heavy atom. The SMILES string of the molecule is CCCCOC(=O)C1Cc2ccccc2C(C(=O)[C@H](C)N)N1. The van der Waals surface area contributed by atoms with E-state index in [1.54, 1.807) is 6.92 Å². The van der Waals surface area contributed by atoms with Gasteiger partial charge in [-0.15, -0.1) is 0 Å². The van der Waals surface area contributed by atoms with Gasteiger partial charge in [-0.05, 0) is 30.9 Å². The molecule has 120 valence electrons. The molecule has 1 aromatic rings. The zero-order valence-electron chi connectivity index (χ0n) is 13.2. The molecule has 2 unspecified atom stereocenters. The summed E-state index contributed by atoms with van der Waals surface area (Å²) in [6, 6.07) is 6.03. The number of carbonyl (C=O) groups is 2. The van der Waals surface area contributed by atoms with Crippen LogP contribution in [0.15, 0.2) is 24.3 Å². The number of carbonyl (C=O) groups excluding carboxylic acids is 2. The Morgan fingerprint density at radius 1 is 1.41 bits per heavy atom. The highest BCUT2D eigenvalue weighted by Crippen LogP contribution is 2.27. The summed E-state index contributed by atoms with van der Waals surface area (Å²) in [5, 5.41) is 3.11. The first kappa shape index (κ1) is 16.6. The fourth-order valence-electron chi connectivity index (χ4n) is 2.64. The molecule has 5 nitrogen and oxygen atoms in total. The third kappa shape index (κ3) is 3.72. The molecule has 5 heteroatoms. The van der Waals surface area contributed by atoms with Gasteiger partial charge in [-0.3, -0.25) is 14.9 Å². The minimum atomic E-state index is -0.583. The fourth-order valence-corrected chi connectivity index (χ4v) is 2.64. The lowest BCUT2D eigenvalue weighted by Gasteiger charge is -2.32. The van der Waals surface area contributed by atoms with Gasteiger partial charge in [-0.2, -0.15) is 0 Å². The lowest BCUT2D eigenvalue weighted by atomic mass is 9.87. The normalized spacial score (nSPS) is 21.8. The number of esters is 1. The predicted octanol–water partition coefficient (Wildman–Crippen LogP) is 1.50. The smallest absolute Gasteiger partial charge is 0.323 e. The third-order valence-corrected chi connectivity index (χ3v) is 3.92. The second-order valence-electron chi connectivity index (χ2n) is 5.77.